The summed E-state index contributed by atoms with van der Waals surface area (Å²) in [6.07, 6.45) is 4.11. The minimum atomic E-state index is 0.473. The molecule has 4 nitrogen and oxygen atoms in total. The van der Waals surface area contributed by atoms with Gasteiger partial charge in [-0.3, -0.25) is 0 Å². The van der Waals surface area contributed by atoms with E-state index in [4.69, 9.17) is 12.2 Å². The lowest BCUT2D eigenvalue weighted by atomic mass is 10.1. The first kappa shape index (κ1) is 13.7. The van der Waals surface area contributed by atoms with Crippen LogP contribution in [0.15, 0.2) is 35.4 Å². The van der Waals surface area contributed by atoms with Gasteiger partial charge < -0.3 is 0 Å². The number of aromatic nitrogens is 3. The molecule has 0 aliphatic carbocycles. The number of benzene rings is 1. The molecule has 0 unspecified atom stereocenters. The molecule has 0 fully saturated rings. The lowest BCUT2D eigenvalue weighted by molar-refractivity contribution is 0.647. The molecule has 5 heteroatoms. The smallest absolute Gasteiger partial charge is 0.216 e. The second-order valence-electron chi connectivity index (χ2n) is 4.37. The SMILES string of the molecule is CCC(/C=N/n1c(-c2ccccc2)n[nH]c1=S)CC. The van der Waals surface area contributed by atoms with Gasteiger partial charge in [0.15, 0.2) is 5.82 Å². The first-order valence-corrected chi connectivity index (χ1v) is 6.94. The van der Waals surface area contributed by atoms with E-state index in [-0.39, 0.29) is 0 Å². The Morgan fingerprint density at radius 2 is 2.00 bits per heavy atom. The summed E-state index contributed by atoms with van der Waals surface area (Å²) in [6.45, 7) is 4.32. The van der Waals surface area contributed by atoms with E-state index in [1.807, 2.05) is 36.5 Å². The van der Waals surface area contributed by atoms with Gasteiger partial charge in [0.05, 0.1) is 0 Å². The minimum Gasteiger partial charge on any atom is -0.250 e. The van der Waals surface area contributed by atoms with Gasteiger partial charge in [0, 0.05) is 11.8 Å². The number of rotatable bonds is 5. The molecular formula is C14H18N4S. The fourth-order valence-corrected chi connectivity index (χ4v) is 2.01. The van der Waals surface area contributed by atoms with E-state index in [0.29, 0.717) is 10.7 Å². The zero-order chi connectivity index (χ0) is 13.7. The summed E-state index contributed by atoms with van der Waals surface area (Å²) in [7, 11) is 0. The molecule has 0 saturated carbocycles. The Labute approximate surface area is 118 Å². The maximum absolute atomic E-state index is 5.23. The first-order valence-electron chi connectivity index (χ1n) is 6.53. The lowest BCUT2D eigenvalue weighted by Gasteiger charge is -2.05. The van der Waals surface area contributed by atoms with Crippen molar-refractivity contribution in [1.29, 1.82) is 0 Å². The van der Waals surface area contributed by atoms with E-state index in [1.54, 1.807) is 4.68 Å². The topological polar surface area (TPSA) is 46.0 Å². The Kier molecular flexibility index (Phi) is 4.63. The van der Waals surface area contributed by atoms with Gasteiger partial charge in [0.1, 0.15) is 0 Å². The number of aromatic amines is 1. The third kappa shape index (κ3) is 3.17. The Morgan fingerprint density at radius 3 is 2.63 bits per heavy atom. The van der Waals surface area contributed by atoms with E-state index in [9.17, 15) is 0 Å². The number of nitrogens with zero attached hydrogens (tertiary/aromatic N) is 3. The third-order valence-electron chi connectivity index (χ3n) is 3.12. The average molecular weight is 274 g/mol. The lowest BCUT2D eigenvalue weighted by Crippen LogP contribution is -2.01. The zero-order valence-corrected chi connectivity index (χ0v) is 12.0. The average Bonchev–Trinajstić information content (AvgIpc) is 2.82. The second-order valence-corrected chi connectivity index (χ2v) is 4.76. The molecule has 0 radical (unpaired) electrons. The van der Waals surface area contributed by atoms with E-state index >= 15 is 0 Å². The molecule has 1 aromatic heterocycles. The van der Waals surface area contributed by atoms with E-state index in [0.717, 1.165) is 24.2 Å². The summed E-state index contributed by atoms with van der Waals surface area (Å²) >= 11 is 5.23. The predicted molar refractivity (Wildman–Crippen MR) is 80.8 cm³/mol. The van der Waals surface area contributed by atoms with Gasteiger partial charge in [-0.2, -0.15) is 14.9 Å². The summed E-state index contributed by atoms with van der Waals surface area (Å²) in [5.41, 5.74) is 0.997. The van der Waals surface area contributed by atoms with Crippen molar-refractivity contribution in [1.82, 2.24) is 14.9 Å². The quantitative estimate of drug-likeness (QED) is 0.664. The first-order chi connectivity index (χ1) is 9.26. The third-order valence-corrected chi connectivity index (χ3v) is 3.39. The van der Waals surface area contributed by atoms with Gasteiger partial charge in [-0.25, -0.2) is 5.10 Å². The molecule has 0 spiro atoms. The summed E-state index contributed by atoms with van der Waals surface area (Å²) < 4.78 is 2.20. The fraction of sp³-hybridized carbons (Fsp3) is 0.357. The molecule has 1 heterocycles. The largest absolute Gasteiger partial charge is 0.250 e. The van der Waals surface area contributed by atoms with Crippen molar-refractivity contribution in [3.8, 4) is 11.4 Å². The van der Waals surface area contributed by atoms with Gasteiger partial charge in [-0.05, 0) is 31.0 Å². The number of nitrogens with one attached hydrogen (secondary N) is 1. The molecule has 100 valence electrons. The Hall–Kier alpha value is -1.75. The van der Waals surface area contributed by atoms with Gasteiger partial charge in [0.2, 0.25) is 4.77 Å². The number of hydrogen-bond donors (Lipinski definition) is 1. The highest BCUT2D eigenvalue weighted by Crippen LogP contribution is 2.16. The molecule has 0 saturated heterocycles. The normalized spacial score (nSPS) is 11.5. The standard InChI is InChI=1S/C14H18N4S/c1-3-11(4-2)10-15-18-13(16-17-14(18)19)12-8-6-5-7-9-12/h5-11H,3-4H2,1-2H3,(H,17,19)/b15-10+. The van der Waals surface area contributed by atoms with Gasteiger partial charge in [-0.15, -0.1) is 0 Å². The Morgan fingerprint density at radius 1 is 1.32 bits per heavy atom. The van der Waals surface area contributed by atoms with E-state index in [2.05, 4.69) is 29.1 Å². The van der Waals surface area contributed by atoms with Crippen LogP contribution in [-0.4, -0.2) is 21.1 Å². The minimum absolute atomic E-state index is 0.473. The van der Waals surface area contributed by atoms with Crippen LogP contribution >= 0.6 is 12.2 Å². The monoisotopic (exact) mass is 274 g/mol. The van der Waals surface area contributed by atoms with Crippen LogP contribution in [0, 0.1) is 10.7 Å². The van der Waals surface area contributed by atoms with Crippen LogP contribution in [0.1, 0.15) is 26.7 Å². The van der Waals surface area contributed by atoms with Crippen molar-refractivity contribution in [2.45, 2.75) is 26.7 Å². The predicted octanol–water partition coefficient (Wildman–Crippen LogP) is 3.88. The van der Waals surface area contributed by atoms with Crippen LogP contribution in [0.4, 0.5) is 0 Å². The van der Waals surface area contributed by atoms with Crippen molar-refractivity contribution in [3.05, 3.63) is 35.1 Å². The Bertz CT molecular complexity index is 593. The summed E-state index contributed by atoms with van der Waals surface area (Å²) in [5.74, 6) is 1.22. The molecule has 0 bridgehead atoms. The highest BCUT2D eigenvalue weighted by molar-refractivity contribution is 7.71. The molecule has 2 rings (SSSR count). The zero-order valence-electron chi connectivity index (χ0n) is 11.2. The number of hydrogen-bond acceptors (Lipinski definition) is 3. The fourth-order valence-electron chi connectivity index (χ4n) is 1.83. The van der Waals surface area contributed by atoms with Crippen LogP contribution in [0.3, 0.4) is 0 Å². The van der Waals surface area contributed by atoms with Crippen molar-refractivity contribution in [2.24, 2.45) is 11.0 Å². The van der Waals surface area contributed by atoms with Crippen LogP contribution in [0.25, 0.3) is 11.4 Å². The molecule has 0 aliphatic heterocycles. The van der Waals surface area contributed by atoms with Crippen LogP contribution in [-0.2, 0) is 0 Å². The van der Waals surface area contributed by atoms with Gasteiger partial charge >= 0.3 is 0 Å². The Balaban J connectivity index is 2.36. The highest BCUT2D eigenvalue weighted by atomic mass is 32.1. The van der Waals surface area contributed by atoms with Gasteiger partial charge in [0.25, 0.3) is 0 Å². The van der Waals surface area contributed by atoms with E-state index in [1.165, 1.54) is 0 Å². The molecule has 0 aliphatic rings. The maximum atomic E-state index is 5.23. The molecular weight excluding hydrogens is 256 g/mol. The summed E-state index contributed by atoms with van der Waals surface area (Å²) in [6, 6.07) is 9.91. The molecule has 19 heavy (non-hydrogen) atoms. The van der Waals surface area contributed by atoms with Crippen molar-refractivity contribution in [2.75, 3.05) is 0 Å². The molecule has 2 aromatic rings. The van der Waals surface area contributed by atoms with E-state index < -0.39 is 0 Å². The molecule has 0 atom stereocenters. The molecule has 1 aromatic carbocycles. The molecule has 1 N–H and O–H groups in total. The van der Waals surface area contributed by atoms with Crippen molar-refractivity contribution in [3.63, 3.8) is 0 Å². The van der Waals surface area contributed by atoms with Crippen LogP contribution in [0.5, 0.6) is 0 Å². The molecule has 0 amide bonds. The van der Waals surface area contributed by atoms with Crippen molar-refractivity contribution < 1.29 is 0 Å². The van der Waals surface area contributed by atoms with Crippen molar-refractivity contribution >= 4 is 18.4 Å². The van der Waals surface area contributed by atoms with Crippen LogP contribution < -0.4 is 0 Å². The highest BCUT2D eigenvalue weighted by Gasteiger charge is 2.07. The number of H-pyrrole nitrogens is 1. The summed E-state index contributed by atoms with van der Waals surface area (Å²) in [4.78, 5) is 0. The van der Waals surface area contributed by atoms with Crippen LogP contribution in [0.2, 0.25) is 0 Å². The summed E-state index contributed by atoms with van der Waals surface area (Å²) in [5, 5.41) is 11.5. The maximum Gasteiger partial charge on any atom is 0.216 e. The second kappa shape index (κ2) is 6.43. The van der Waals surface area contributed by atoms with Gasteiger partial charge in [-0.1, -0.05) is 44.2 Å².